The molecule has 60 valence electrons. The first-order valence-corrected chi connectivity index (χ1v) is 5.85. The van der Waals surface area contributed by atoms with Crippen molar-refractivity contribution in [1.29, 1.82) is 0 Å². The largest absolute Gasteiger partial charge is 0.380 e. The van der Waals surface area contributed by atoms with E-state index in [0.29, 0.717) is 0 Å². The lowest BCUT2D eigenvalue weighted by Crippen LogP contribution is -2.01. The minimum Gasteiger partial charge on any atom is -0.380 e. The van der Waals surface area contributed by atoms with Crippen LogP contribution in [0.1, 0.15) is 13.8 Å². The fourth-order valence-corrected chi connectivity index (χ4v) is 4.61. The van der Waals surface area contributed by atoms with Crippen LogP contribution in [0.15, 0.2) is 0 Å². The standard InChI is InChI=1S/C8H17OP/c1-7-4-10(6-9-3)5-8(7)2/h7-8H,4-6H2,1-3H3. The van der Waals surface area contributed by atoms with Crippen molar-refractivity contribution >= 4 is 7.92 Å². The number of ether oxygens (including phenoxy) is 1. The fourth-order valence-electron chi connectivity index (χ4n) is 1.54. The second-order valence-electron chi connectivity index (χ2n) is 3.41. The Hall–Kier alpha value is 0.390. The van der Waals surface area contributed by atoms with E-state index in [4.69, 9.17) is 4.74 Å². The van der Waals surface area contributed by atoms with E-state index in [9.17, 15) is 0 Å². The average molecular weight is 160 g/mol. The highest BCUT2D eigenvalue weighted by Gasteiger charge is 2.26. The molecule has 0 aromatic carbocycles. The van der Waals surface area contributed by atoms with Gasteiger partial charge in [-0.3, -0.25) is 0 Å². The van der Waals surface area contributed by atoms with Crippen LogP contribution in [-0.2, 0) is 4.74 Å². The lowest BCUT2D eigenvalue weighted by Gasteiger charge is -2.06. The van der Waals surface area contributed by atoms with Gasteiger partial charge in [0, 0.05) is 7.11 Å². The van der Waals surface area contributed by atoms with Crippen molar-refractivity contribution in [3.05, 3.63) is 0 Å². The maximum Gasteiger partial charge on any atom is 0.0655 e. The van der Waals surface area contributed by atoms with Gasteiger partial charge in [-0.25, -0.2) is 0 Å². The normalized spacial score (nSPS) is 40.5. The smallest absolute Gasteiger partial charge is 0.0655 e. The molecular weight excluding hydrogens is 143 g/mol. The number of rotatable bonds is 2. The molecule has 0 radical (unpaired) electrons. The van der Waals surface area contributed by atoms with Crippen LogP contribution in [0.2, 0.25) is 0 Å². The van der Waals surface area contributed by atoms with E-state index in [1.807, 2.05) is 7.11 Å². The molecule has 2 unspecified atom stereocenters. The zero-order valence-electron chi connectivity index (χ0n) is 7.13. The zero-order valence-corrected chi connectivity index (χ0v) is 8.03. The summed E-state index contributed by atoms with van der Waals surface area (Å²) in [6.07, 6.45) is 3.90. The predicted octanol–water partition coefficient (Wildman–Crippen LogP) is 2.36. The Bertz CT molecular complexity index is 95.4. The summed E-state index contributed by atoms with van der Waals surface area (Å²) < 4.78 is 5.15. The SMILES string of the molecule is COCP1CC(C)C(C)C1. The molecule has 0 aliphatic carbocycles. The molecule has 1 aliphatic rings. The molecule has 2 heteroatoms. The van der Waals surface area contributed by atoms with Crippen molar-refractivity contribution in [2.45, 2.75) is 13.8 Å². The Morgan fingerprint density at radius 3 is 2.20 bits per heavy atom. The molecule has 0 aromatic heterocycles. The molecule has 10 heavy (non-hydrogen) atoms. The first kappa shape index (κ1) is 8.49. The summed E-state index contributed by atoms with van der Waals surface area (Å²) in [6, 6.07) is 0. The van der Waals surface area contributed by atoms with Gasteiger partial charge in [0.25, 0.3) is 0 Å². The van der Waals surface area contributed by atoms with Crippen LogP contribution in [0, 0.1) is 11.8 Å². The van der Waals surface area contributed by atoms with Gasteiger partial charge < -0.3 is 4.74 Å². The number of hydrogen-bond acceptors (Lipinski definition) is 1. The van der Waals surface area contributed by atoms with Gasteiger partial charge in [0.15, 0.2) is 0 Å². The lowest BCUT2D eigenvalue weighted by molar-refractivity contribution is 0.255. The van der Waals surface area contributed by atoms with E-state index < -0.39 is 0 Å². The second kappa shape index (κ2) is 3.69. The minimum atomic E-state index is 0.254. The summed E-state index contributed by atoms with van der Waals surface area (Å²) in [5.41, 5.74) is 0. The van der Waals surface area contributed by atoms with Crippen LogP contribution < -0.4 is 0 Å². The molecule has 1 nitrogen and oxygen atoms in total. The molecule has 1 heterocycles. The maximum absolute atomic E-state index is 5.15. The fraction of sp³-hybridized carbons (Fsp3) is 1.00. The molecule has 0 aromatic rings. The Balaban J connectivity index is 2.27. The lowest BCUT2D eigenvalue weighted by atomic mass is 10.0. The molecule has 0 saturated carbocycles. The highest BCUT2D eigenvalue weighted by atomic mass is 31.1. The van der Waals surface area contributed by atoms with Gasteiger partial charge in [0.2, 0.25) is 0 Å². The summed E-state index contributed by atoms with van der Waals surface area (Å²) in [5, 5.41) is 0. The van der Waals surface area contributed by atoms with Crippen molar-refractivity contribution in [2.24, 2.45) is 11.8 Å². The van der Waals surface area contributed by atoms with E-state index in [-0.39, 0.29) is 7.92 Å². The Kier molecular flexibility index (Phi) is 3.13. The van der Waals surface area contributed by atoms with Gasteiger partial charge in [-0.05, 0) is 24.2 Å². The maximum atomic E-state index is 5.15. The van der Waals surface area contributed by atoms with E-state index in [0.717, 1.165) is 18.2 Å². The Morgan fingerprint density at radius 1 is 1.30 bits per heavy atom. The van der Waals surface area contributed by atoms with Crippen LogP contribution in [0.25, 0.3) is 0 Å². The van der Waals surface area contributed by atoms with Gasteiger partial charge in [0.05, 0.1) is 6.35 Å². The third-order valence-electron chi connectivity index (χ3n) is 2.38. The summed E-state index contributed by atoms with van der Waals surface area (Å²) in [7, 11) is 2.07. The molecule has 1 rings (SSSR count). The van der Waals surface area contributed by atoms with Crippen molar-refractivity contribution in [3.8, 4) is 0 Å². The van der Waals surface area contributed by atoms with Gasteiger partial charge >= 0.3 is 0 Å². The second-order valence-corrected chi connectivity index (χ2v) is 5.74. The van der Waals surface area contributed by atoms with E-state index in [2.05, 4.69) is 13.8 Å². The molecule has 2 atom stereocenters. The van der Waals surface area contributed by atoms with Crippen molar-refractivity contribution in [2.75, 3.05) is 25.8 Å². The van der Waals surface area contributed by atoms with E-state index in [1.54, 1.807) is 0 Å². The van der Waals surface area contributed by atoms with Crippen LogP contribution in [0.4, 0.5) is 0 Å². The third-order valence-corrected chi connectivity index (χ3v) is 5.18. The monoisotopic (exact) mass is 160 g/mol. The van der Waals surface area contributed by atoms with Crippen LogP contribution in [0.3, 0.4) is 0 Å². The summed E-state index contributed by atoms with van der Waals surface area (Å²) in [6.45, 7) is 4.73. The van der Waals surface area contributed by atoms with Gasteiger partial charge in [-0.15, -0.1) is 0 Å². The Morgan fingerprint density at radius 2 is 1.80 bits per heavy atom. The van der Waals surface area contributed by atoms with Crippen LogP contribution in [-0.4, -0.2) is 25.8 Å². The zero-order chi connectivity index (χ0) is 7.56. The molecule has 0 bridgehead atoms. The molecular formula is C8H17OP. The highest BCUT2D eigenvalue weighted by molar-refractivity contribution is 7.57. The number of methoxy groups -OCH3 is 1. The van der Waals surface area contributed by atoms with Crippen molar-refractivity contribution < 1.29 is 4.74 Å². The molecule has 1 fully saturated rings. The minimum absolute atomic E-state index is 0.254. The molecule has 1 aliphatic heterocycles. The third kappa shape index (κ3) is 1.93. The van der Waals surface area contributed by atoms with Gasteiger partial charge in [0.1, 0.15) is 0 Å². The average Bonchev–Trinajstić information content (AvgIpc) is 2.14. The van der Waals surface area contributed by atoms with Gasteiger partial charge in [-0.2, -0.15) is 0 Å². The van der Waals surface area contributed by atoms with Crippen molar-refractivity contribution in [1.82, 2.24) is 0 Å². The first-order valence-electron chi connectivity index (χ1n) is 3.95. The summed E-state index contributed by atoms with van der Waals surface area (Å²) >= 11 is 0. The topological polar surface area (TPSA) is 9.23 Å². The van der Waals surface area contributed by atoms with Crippen LogP contribution in [0.5, 0.6) is 0 Å². The van der Waals surface area contributed by atoms with Gasteiger partial charge in [-0.1, -0.05) is 21.8 Å². The van der Waals surface area contributed by atoms with Crippen LogP contribution >= 0.6 is 7.92 Å². The number of hydrogen-bond donors (Lipinski definition) is 0. The quantitative estimate of drug-likeness (QED) is 0.563. The summed E-state index contributed by atoms with van der Waals surface area (Å²) in [5.74, 6) is 1.89. The predicted molar refractivity (Wildman–Crippen MR) is 46.9 cm³/mol. The van der Waals surface area contributed by atoms with Crippen molar-refractivity contribution in [3.63, 3.8) is 0 Å². The summed E-state index contributed by atoms with van der Waals surface area (Å²) in [4.78, 5) is 0. The Labute approximate surface area is 64.9 Å². The molecule has 0 amide bonds. The van der Waals surface area contributed by atoms with E-state index >= 15 is 0 Å². The molecule has 0 N–H and O–H groups in total. The molecule has 0 spiro atoms. The first-order chi connectivity index (χ1) is 4.74. The highest BCUT2D eigenvalue weighted by Crippen LogP contribution is 2.48. The molecule has 1 saturated heterocycles. The van der Waals surface area contributed by atoms with E-state index in [1.165, 1.54) is 12.3 Å².